The Morgan fingerprint density at radius 2 is 2.10 bits per heavy atom. The summed E-state index contributed by atoms with van der Waals surface area (Å²) in [5, 5.41) is 13.8. The molecule has 0 spiro atoms. The highest BCUT2D eigenvalue weighted by Gasteiger charge is 2.45. The Kier molecular flexibility index (Phi) is 4.72. The van der Waals surface area contributed by atoms with Crippen molar-refractivity contribution in [3.63, 3.8) is 0 Å². The van der Waals surface area contributed by atoms with E-state index in [1.807, 2.05) is 18.4 Å². The van der Waals surface area contributed by atoms with Crippen molar-refractivity contribution in [3.05, 3.63) is 92.4 Å². The predicted molar refractivity (Wildman–Crippen MR) is 116 cm³/mol. The number of furan rings is 2. The maximum absolute atomic E-state index is 13.5. The Hall–Kier alpha value is -3.29. The van der Waals surface area contributed by atoms with Crippen LogP contribution in [0.2, 0.25) is 5.02 Å². The molecular formula is C23H16ClNO5S. The van der Waals surface area contributed by atoms with Gasteiger partial charge in [-0.3, -0.25) is 9.59 Å². The van der Waals surface area contributed by atoms with Gasteiger partial charge in [0.25, 0.3) is 5.91 Å². The summed E-state index contributed by atoms with van der Waals surface area (Å²) < 4.78 is 11.1. The van der Waals surface area contributed by atoms with E-state index < -0.39 is 23.5 Å². The highest BCUT2D eigenvalue weighted by atomic mass is 35.5. The molecule has 0 radical (unpaired) electrons. The number of rotatable bonds is 5. The molecule has 5 rings (SSSR count). The first-order chi connectivity index (χ1) is 14.9. The number of carbonyl (C=O) groups excluding carboxylic acids is 2. The molecule has 0 bridgehead atoms. The van der Waals surface area contributed by atoms with Crippen LogP contribution in [-0.2, 0) is 11.3 Å². The van der Waals surface area contributed by atoms with E-state index in [-0.39, 0.29) is 17.9 Å². The van der Waals surface area contributed by atoms with Gasteiger partial charge < -0.3 is 18.8 Å². The molecule has 1 aromatic carbocycles. The molecule has 1 amide bonds. The van der Waals surface area contributed by atoms with Gasteiger partial charge in [-0.05, 0) is 60.3 Å². The molecule has 1 aliphatic heterocycles. The van der Waals surface area contributed by atoms with Crippen LogP contribution in [0.25, 0.3) is 11.0 Å². The summed E-state index contributed by atoms with van der Waals surface area (Å²) in [6.07, 6.45) is 1.51. The highest BCUT2D eigenvalue weighted by molar-refractivity contribution is 7.10. The van der Waals surface area contributed by atoms with Crippen LogP contribution in [0, 0.1) is 6.92 Å². The van der Waals surface area contributed by atoms with Crippen molar-refractivity contribution in [2.45, 2.75) is 19.5 Å². The first-order valence-electron chi connectivity index (χ1n) is 9.48. The number of carbonyl (C=O) groups is 2. The number of thiophene rings is 1. The standard InChI is InChI=1S/C23H16ClNO5S/c1-12-6-8-31-22(12)19-18(21(27)23(28)25(19)11-15-3-2-7-29-15)20(26)17-10-13-9-14(24)4-5-16(13)30-17/h2-10,19,27H,11H2,1H3. The van der Waals surface area contributed by atoms with Crippen LogP contribution >= 0.6 is 22.9 Å². The zero-order valence-corrected chi connectivity index (χ0v) is 17.9. The lowest BCUT2D eigenvalue weighted by Crippen LogP contribution is -2.30. The molecule has 0 aliphatic carbocycles. The Bertz CT molecular complexity index is 1350. The number of Topliss-reactive ketones (excluding diaryl/α,β-unsaturated/α-hetero) is 1. The van der Waals surface area contributed by atoms with Crippen molar-refractivity contribution < 1.29 is 23.5 Å². The predicted octanol–water partition coefficient (Wildman–Crippen LogP) is 5.83. The van der Waals surface area contributed by atoms with E-state index in [1.165, 1.54) is 22.5 Å². The van der Waals surface area contributed by atoms with Crippen molar-refractivity contribution in [3.8, 4) is 0 Å². The molecule has 1 atom stereocenters. The molecule has 0 fully saturated rings. The van der Waals surface area contributed by atoms with Gasteiger partial charge in [0.15, 0.2) is 11.5 Å². The quantitative estimate of drug-likeness (QED) is 0.384. The fourth-order valence-corrected chi connectivity index (χ4v) is 5.04. The molecule has 3 aromatic heterocycles. The van der Waals surface area contributed by atoms with Gasteiger partial charge >= 0.3 is 0 Å². The molecule has 1 aliphatic rings. The fraction of sp³-hybridized carbons (Fsp3) is 0.130. The first-order valence-corrected chi connectivity index (χ1v) is 10.7. The van der Waals surface area contributed by atoms with Gasteiger partial charge in [0.05, 0.1) is 18.4 Å². The number of hydrogen-bond donors (Lipinski definition) is 1. The molecule has 1 unspecified atom stereocenters. The van der Waals surface area contributed by atoms with Gasteiger partial charge in [-0.1, -0.05) is 11.6 Å². The number of aliphatic hydroxyl groups excluding tert-OH is 1. The minimum absolute atomic E-state index is 0.00717. The van der Waals surface area contributed by atoms with E-state index in [9.17, 15) is 14.7 Å². The Balaban J connectivity index is 1.61. The number of halogens is 1. The zero-order chi connectivity index (χ0) is 21.7. The fourth-order valence-electron chi connectivity index (χ4n) is 3.82. The molecule has 31 heavy (non-hydrogen) atoms. The van der Waals surface area contributed by atoms with Crippen molar-refractivity contribution in [1.29, 1.82) is 0 Å². The third-order valence-corrected chi connectivity index (χ3v) is 6.61. The zero-order valence-electron chi connectivity index (χ0n) is 16.3. The van der Waals surface area contributed by atoms with E-state index in [1.54, 1.807) is 36.4 Å². The average Bonchev–Trinajstić information content (AvgIpc) is 3.52. The number of hydrogen-bond acceptors (Lipinski definition) is 6. The van der Waals surface area contributed by atoms with Crippen molar-refractivity contribution in [2.24, 2.45) is 0 Å². The second-order valence-electron chi connectivity index (χ2n) is 7.27. The third-order valence-electron chi connectivity index (χ3n) is 5.31. The Morgan fingerprint density at radius 3 is 2.81 bits per heavy atom. The first kappa shape index (κ1) is 19.7. The molecule has 1 N–H and O–H groups in total. The van der Waals surface area contributed by atoms with Crippen molar-refractivity contribution >= 4 is 45.6 Å². The normalized spacial score (nSPS) is 16.6. The van der Waals surface area contributed by atoms with E-state index in [2.05, 4.69) is 0 Å². The van der Waals surface area contributed by atoms with Crippen LogP contribution in [0.5, 0.6) is 0 Å². The highest BCUT2D eigenvalue weighted by Crippen LogP contribution is 2.43. The van der Waals surface area contributed by atoms with Gasteiger partial charge in [0.1, 0.15) is 17.4 Å². The van der Waals surface area contributed by atoms with Crippen LogP contribution < -0.4 is 0 Å². The molecule has 156 valence electrons. The topological polar surface area (TPSA) is 83.9 Å². The summed E-state index contributed by atoms with van der Waals surface area (Å²) in [5.74, 6) is -1.17. The van der Waals surface area contributed by atoms with E-state index in [4.69, 9.17) is 20.4 Å². The number of aliphatic hydroxyl groups is 1. The number of nitrogens with zero attached hydrogens (tertiary/aromatic N) is 1. The largest absolute Gasteiger partial charge is 0.503 e. The van der Waals surface area contributed by atoms with Crippen molar-refractivity contribution in [1.82, 2.24) is 4.90 Å². The molecule has 8 heteroatoms. The Morgan fingerprint density at radius 1 is 1.26 bits per heavy atom. The summed E-state index contributed by atoms with van der Waals surface area (Å²) in [6, 6.07) is 11.2. The van der Waals surface area contributed by atoms with Crippen LogP contribution in [0.4, 0.5) is 0 Å². The number of aryl methyl sites for hydroxylation is 1. The smallest absolute Gasteiger partial charge is 0.290 e. The van der Waals surface area contributed by atoms with Crippen LogP contribution in [0.15, 0.2) is 74.3 Å². The molecular weight excluding hydrogens is 438 g/mol. The van der Waals surface area contributed by atoms with Crippen LogP contribution in [0.1, 0.15) is 32.8 Å². The summed E-state index contributed by atoms with van der Waals surface area (Å²) >= 11 is 7.46. The van der Waals surface area contributed by atoms with Gasteiger partial charge in [0, 0.05) is 15.3 Å². The molecule has 0 saturated carbocycles. The average molecular weight is 454 g/mol. The van der Waals surface area contributed by atoms with E-state index in [0.29, 0.717) is 21.8 Å². The SMILES string of the molecule is Cc1ccsc1C1C(C(=O)c2cc3cc(Cl)ccc3o2)=C(O)C(=O)N1Cc1ccco1. The van der Waals surface area contributed by atoms with Crippen molar-refractivity contribution in [2.75, 3.05) is 0 Å². The molecule has 0 saturated heterocycles. The molecule has 4 heterocycles. The third kappa shape index (κ3) is 3.26. The lowest BCUT2D eigenvalue weighted by molar-refractivity contribution is -0.130. The second kappa shape index (κ2) is 7.44. The molecule has 4 aromatic rings. The minimum atomic E-state index is -0.748. The summed E-state index contributed by atoms with van der Waals surface area (Å²) in [5.41, 5.74) is 1.41. The van der Waals surface area contributed by atoms with Gasteiger partial charge in [-0.2, -0.15) is 0 Å². The summed E-state index contributed by atoms with van der Waals surface area (Å²) in [4.78, 5) is 28.7. The van der Waals surface area contributed by atoms with E-state index >= 15 is 0 Å². The van der Waals surface area contributed by atoms with Crippen LogP contribution in [-0.4, -0.2) is 21.7 Å². The van der Waals surface area contributed by atoms with E-state index in [0.717, 1.165) is 10.4 Å². The number of fused-ring (bicyclic) bond motifs is 1. The lowest BCUT2D eigenvalue weighted by Gasteiger charge is -2.25. The van der Waals surface area contributed by atoms with Gasteiger partial charge in [0.2, 0.25) is 5.78 Å². The monoisotopic (exact) mass is 453 g/mol. The number of amides is 1. The summed E-state index contributed by atoms with van der Waals surface area (Å²) in [6.45, 7) is 2.02. The van der Waals surface area contributed by atoms with Gasteiger partial charge in [-0.15, -0.1) is 11.3 Å². The maximum Gasteiger partial charge on any atom is 0.290 e. The number of benzene rings is 1. The minimum Gasteiger partial charge on any atom is -0.503 e. The second-order valence-corrected chi connectivity index (χ2v) is 8.65. The van der Waals surface area contributed by atoms with Crippen LogP contribution in [0.3, 0.4) is 0 Å². The summed E-state index contributed by atoms with van der Waals surface area (Å²) in [7, 11) is 0. The maximum atomic E-state index is 13.5. The Labute approximate surface area is 185 Å². The number of ketones is 1. The lowest BCUT2D eigenvalue weighted by atomic mass is 9.98. The molecule has 6 nitrogen and oxygen atoms in total. The van der Waals surface area contributed by atoms with Gasteiger partial charge in [-0.25, -0.2) is 0 Å².